The van der Waals surface area contributed by atoms with Crippen LogP contribution in [-0.2, 0) is 24.4 Å². The zero-order valence-corrected chi connectivity index (χ0v) is 20.3. The van der Waals surface area contributed by atoms with Gasteiger partial charge < -0.3 is 19.4 Å². The van der Waals surface area contributed by atoms with Crippen LogP contribution in [0.25, 0.3) is 0 Å². The summed E-state index contributed by atoms with van der Waals surface area (Å²) >= 11 is 0. The zero-order chi connectivity index (χ0) is 25.8. The maximum Gasteiger partial charge on any atom is 0.273 e. The molecule has 37 heavy (non-hydrogen) atoms. The molecule has 0 radical (unpaired) electrons. The number of oxazole rings is 1. The first-order valence-electron chi connectivity index (χ1n) is 12.0. The average molecular weight is 500 g/mol. The highest BCUT2D eigenvalue weighted by molar-refractivity contribution is 5.91. The number of carbonyl (C=O) groups excluding carboxylic acids is 2. The second-order valence-corrected chi connectivity index (χ2v) is 8.86. The normalized spacial score (nSPS) is 14.6. The van der Waals surface area contributed by atoms with Gasteiger partial charge in [0.2, 0.25) is 11.8 Å². The highest BCUT2D eigenvalue weighted by Crippen LogP contribution is 2.37. The summed E-state index contributed by atoms with van der Waals surface area (Å²) in [4.78, 5) is 30.8. The third kappa shape index (κ3) is 5.53. The van der Waals surface area contributed by atoms with Crippen molar-refractivity contribution in [3.63, 3.8) is 0 Å². The fraction of sp³-hybridized carbons (Fsp3) is 0.207. The van der Waals surface area contributed by atoms with Crippen molar-refractivity contribution in [2.75, 3.05) is 6.54 Å². The standard InChI is InChI=1S/C29H26FN3O4/c1-19(34)33-14-13-21-9-12-24(15-25(21)28(33)22-7-10-23(30)11-8-22)36-18-27-32-26(17-37-27)29(35)31-16-20-5-3-2-4-6-20/h2-12,15,17,28H,13-14,16,18H2,1H3,(H,31,35). The summed E-state index contributed by atoms with van der Waals surface area (Å²) in [5, 5.41) is 2.82. The van der Waals surface area contributed by atoms with E-state index in [0.717, 1.165) is 22.3 Å². The Hall–Kier alpha value is -4.46. The van der Waals surface area contributed by atoms with E-state index < -0.39 is 0 Å². The van der Waals surface area contributed by atoms with Gasteiger partial charge in [0.1, 0.15) is 17.8 Å². The second-order valence-electron chi connectivity index (χ2n) is 8.86. The van der Waals surface area contributed by atoms with Gasteiger partial charge in [-0.25, -0.2) is 9.37 Å². The van der Waals surface area contributed by atoms with Gasteiger partial charge in [0.05, 0.1) is 6.04 Å². The van der Waals surface area contributed by atoms with E-state index >= 15 is 0 Å². The van der Waals surface area contributed by atoms with Crippen molar-refractivity contribution in [2.24, 2.45) is 0 Å². The quantitative estimate of drug-likeness (QED) is 0.394. The van der Waals surface area contributed by atoms with Gasteiger partial charge in [-0.1, -0.05) is 48.5 Å². The second kappa shape index (κ2) is 10.7. The Morgan fingerprint density at radius 3 is 2.65 bits per heavy atom. The Morgan fingerprint density at radius 2 is 1.89 bits per heavy atom. The van der Waals surface area contributed by atoms with E-state index in [1.54, 1.807) is 17.0 Å². The number of nitrogens with one attached hydrogen (secondary N) is 1. The summed E-state index contributed by atoms with van der Waals surface area (Å²) < 4.78 is 24.9. The minimum Gasteiger partial charge on any atom is -0.484 e. The fourth-order valence-corrected chi connectivity index (χ4v) is 4.52. The molecule has 0 fully saturated rings. The van der Waals surface area contributed by atoms with Gasteiger partial charge in [0.25, 0.3) is 5.91 Å². The molecule has 1 aromatic heterocycles. The van der Waals surface area contributed by atoms with Gasteiger partial charge in [-0.2, -0.15) is 0 Å². The lowest BCUT2D eigenvalue weighted by molar-refractivity contribution is -0.130. The molecule has 3 aromatic carbocycles. The van der Waals surface area contributed by atoms with Crippen LogP contribution < -0.4 is 10.1 Å². The van der Waals surface area contributed by atoms with Crippen LogP contribution in [0.2, 0.25) is 0 Å². The van der Waals surface area contributed by atoms with E-state index in [9.17, 15) is 14.0 Å². The fourth-order valence-electron chi connectivity index (χ4n) is 4.52. The first kappa shape index (κ1) is 24.2. The van der Waals surface area contributed by atoms with Gasteiger partial charge in [-0.15, -0.1) is 0 Å². The minimum absolute atomic E-state index is 0.0301. The Bertz CT molecular complexity index is 1400. The highest BCUT2D eigenvalue weighted by atomic mass is 19.1. The van der Waals surface area contributed by atoms with E-state index in [2.05, 4.69) is 10.3 Å². The molecule has 1 aliphatic heterocycles. The zero-order valence-electron chi connectivity index (χ0n) is 20.3. The number of carbonyl (C=O) groups is 2. The molecule has 0 aliphatic carbocycles. The predicted molar refractivity (Wildman–Crippen MR) is 134 cm³/mol. The van der Waals surface area contributed by atoms with Crippen molar-refractivity contribution in [3.05, 3.63) is 119 Å². The number of aromatic nitrogens is 1. The summed E-state index contributed by atoms with van der Waals surface area (Å²) in [6, 6.07) is 21.2. The SMILES string of the molecule is CC(=O)N1CCc2ccc(OCc3nc(C(=O)NCc4ccccc4)co3)cc2C1c1ccc(F)cc1. The lowest BCUT2D eigenvalue weighted by atomic mass is 9.88. The number of rotatable bonds is 7. The summed E-state index contributed by atoms with van der Waals surface area (Å²) in [5.41, 5.74) is 4.02. The number of hydrogen-bond acceptors (Lipinski definition) is 5. The van der Waals surface area contributed by atoms with Crippen molar-refractivity contribution in [3.8, 4) is 5.75 Å². The largest absolute Gasteiger partial charge is 0.484 e. The maximum atomic E-state index is 13.6. The molecule has 1 aliphatic rings. The van der Waals surface area contributed by atoms with Gasteiger partial charge in [-0.05, 0) is 52.9 Å². The van der Waals surface area contributed by atoms with Gasteiger partial charge >= 0.3 is 0 Å². The molecule has 0 spiro atoms. The Labute approximate surface area is 213 Å². The Morgan fingerprint density at radius 1 is 1.11 bits per heavy atom. The van der Waals surface area contributed by atoms with Crippen molar-refractivity contribution < 1.29 is 23.1 Å². The van der Waals surface area contributed by atoms with Crippen LogP contribution in [-0.4, -0.2) is 28.2 Å². The molecular formula is C29H26FN3O4. The first-order chi connectivity index (χ1) is 18.0. The molecular weight excluding hydrogens is 473 g/mol. The lowest BCUT2D eigenvalue weighted by Gasteiger charge is -2.37. The average Bonchev–Trinajstić information content (AvgIpc) is 3.40. The number of benzene rings is 3. The van der Waals surface area contributed by atoms with E-state index in [1.807, 2.05) is 48.5 Å². The van der Waals surface area contributed by atoms with Crippen LogP contribution in [0.1, 0.15) is 51.6 Å². The smallest absolute Gasteiger partial charge is 0.273 e. The summed E-state index contributed by atoms with van der Waals surface area (Å²) in [7, 11) is 0. The Balaban J connectivity index is 1.29. The van der Waals surface area contributed by atoms with Crippen LogP contribution in [0, 0.1) is 5.82 Å². The van der Waals surface area contributed by atoms with Crippen molar-refractivity contribution >= 4 is 11.8 Å². The molecule has 2 amide bonds. The highest BCUT2D eigenvalue weighted by Gasteiger charge is 2.31. The van der Waals surface area contributed by atoms with Crippen LogP contribution in [0.15, 0.2) is 83.5 Å². The molecule has 1 unspecified atom stereocenters. The van der Waals surface area contributed by atoms with Gasteiger partial charge in [0, 0.05) is 20.0 Å². The van der Waals surface area contributed by atoms with Gasteiger partial charge in [0.15, 0.2) is 12.3 Å². The van der Waals surface area contributed by atoms with Crippen molar-refractivity contribution in [1.29, 1.82) is 0 Å². The van der Waals surface area contributed by atoms with E-state index in [0.29, 0.717) is 25.3 Å². The van der Waals surface area contributed by atoms with E-state index in [1.165, 1.54) is 25.3 Å². The molecule has 8 heteroatoms. The number of nitrogens with zero attached hydrogens (tertiary/aromatic N) is 2. The summed E-state index contributed by atoms with van der Waals surface area (Å²) in [6.07, 6.45) is 2.02. The summed E-state index contributed by atoms with van der Waals surface area (Å²) in [6.45, 7) is 2.54. The van der Waals surface area contributed by atoms with Gasteiger partial charge in [-0.3, -0.25) is 9.59 Å². The topological polar surface area (TPSA) is 84.7 Å². The van der Waals surface area contributed by atoms with Crippen LogP contribution >= 0.6 is 0 Å². The summed E-state index contributed by atoms with van der Waals surface area (Å²) in [5.74, 6) is 0.126. The first-order valence-corrected chi connectivity index (χ1v) is 12.0. The molecule has 188 valence electrons. The molecule has 0 saturated heterocycles. The molecule has 1 N–H and O–H groups in total. The molecule has 2 heterocycles. The number of hydrogen-bond donors (Lipinski definition) is 1. The third-order valence-corrected chi connectivity index (χ3v) is 6.38. The van der Waals surface area contributed by atoms with Crippen molar-refractivity contribution in [1.82, 2.24) is 15.2 Å². The van der Waals surface area contributed by atoms with Crippen molar-refractivity contribution in [2.45, 2.75) is 32.5 Å². The van der Waals surface area contributed by atoms with Crippen LogP contribution in [0.5, 0.6) is 5.75 Å². The van der Waals surface area contributed by atoms with E-state index in [-0.39, 0.29) is 41.9 Å². The number of fused-ring (bicyclic) bond motifs is 1. The number of amides is 2. The van der Waals surface area contributed by atoms with E-state index in [4.69, 9.17) is 9.15 Å². The lowest BCUT2D eigenvalue weighted by Crippen LogP contribution is -2.39. The van der Waals surface area contributed by atoms with Crippen LogP contribution in [0.4, 0.5) is 4.39 Å². The molecule has 1 atom stereocenters. The number of halogens is 1. The Kier molecular flexibility index (Phi) is 6.98. The predicted octanol–water partition coefficient (Wildman–Crippen LogP) is 4.82. The molecule has 7 nitrogen and oxygen atoms in total. The number of ether oxygens (including phenoxy) is 1. The third-order valence-electron chi connectivity index (χ3n) is 6.38. The molecule has 0 bridgehead atoms. The molecule has 5 rings (SSSR count). The molecule has 4 aromatic rings. The minimum atomic E-state index is -0.341. The maximum absolute atomic E-state index is 13.6. The monoisotopic (exact) mass is 499 g/mol. The molecule has 0 saturated carbocycles. The van der Waals surface area contributed by atoms with Crippen LogP contribution in [0.3, 0.4) is 0 Å².